The summed E-state index contributed by atoms with van der Waals surface area (Å²) >= 11 is 6.17. The molecule has 1 aliphatic carbocycles. The third-order valence-electron chi connectivity index (χ3n) is 9.44. The van der Waals surface area contributed by atoms with Crippen molar-refractivity contribution >= 4 is 33.2 Å². The SMILES string of the molecule is CCO[C@H]1CC[C@H]([C@H](c2ccc(Cl)cc2)[C@H](N)C(=O)Nc2cccc(F)c2CC[C@H]2CN[C@@H]3CCCS(=O)(=O)N2C3)CC1. The maximum absolute atomic E-state index is 15.2. The quantitative estimate of drug-likeness (QED) is 0.345. The molecule has 2 heterocycles. The number of piperazine rings is 1. The molecule has 3 aliphatic rings. The molecule has 4 N–H and O–H groups in total. The summed E-state index contributed by atoms with van der Waals surface area (Å²) < 4.78 is 48.5. The summed E-state index contributed by atoms with van der Waals surface area (Å²) in [6.45, 7) is 3.65. The lowest BCUT2D eigenvalue weighted by Crippen LogP contribution is -2.57. The Bertz CT molecular complexity index is 1350. The van der Waals surface area contributed by atoms with Crippen LogP contribution in [-0.2, 0) is 26.0 Å². The molecule has 2 bridgehead atoms. The van der Waals surface area contributed by atoms with Gasteiger partial charge in [0.15, 0.2) is 0 Å². The number of nitrogens with two attached hydrogens (primary N) is 1. The molecule has 43 heavy (non-hydrogen) atoms. The van der Waals surface area contributed by atoms with E-state index < -0.39 is 21.9 Å². The van der Waals surface area contributed by atoms with Crippen molar-refractivity contribution in [2.75, 3.05) is 30.8 Å². The minimum absolute atomic E-state index is 0.142. The molecule has 0 spiro atoms. The van der Waals surface area contributed by atoms with E-state index in [1.807, 2.05) is 31.2 Å². The molecule has 2 aromatic rings. The molecule has 1 amide bonds. The smallest absolute Gasteiger partial charge is 0.241 e. The zero-order valence-corrected chi connectivity index (χ0v) is 26.4. The number of amides is 1. The molecule has 8 nitrogen and oxygen atoms in total. The minimum atomic E-state index is -3.35. The standard InChI is InChI=1S/C32H44ClFN4O4S/c1-2-42-26-15-10-22(11-16-26)30(21-8-12-23(33)13-9-21)31(35)32(39)37-29-7-3-6-28(34)27(29)17-14-25-19-36-24-5-4-18-43(40,41)38(25)20-24/h3,6-9,12-13,22,24-26,30-31,36H,2,4-5,10-11,14-20,35H2,1H3,(H,37,39)/t22-,24-,25+,26-,30+,31+/m1/s1. The van der Waals surface area contributed by atoms with Gasteiger partial charge in [-0.3, -0.25) is 4.79 Å². The number of hydrogen-bond acceptors (Lipinski definition) is 6. The predicted octanol–water partition coefficient (Wildman–Crippen LogP) is 4.82. The summed E-state index contributed by atoms with van der Waals surface area (Å²) in [6.07, 6.45) is 6.01. The highest BCUT2D eigenvalue weighted by Gasteiger charge is 2.39. The first-order valence-electron chi connectivity index (χ1n) is 15.6. The second kappa shape index (κ2) is 14.3. The summed E-state index contributed by atoms with van der Waals surface area (Å²) in [5, 5.41) is 7.01. The summed E-state index contributed by atoms with van der Waals surface area (Å²) in [5.74, 6) is -0.732. The van der Waals surface area contributed by atoms with E-state index >= 15 is 4.39 Å². The fraction of sp³-hybridized carbons (Fsp3) is 0.594. The van der Waals surface area contributed by atoms with E-state index in [0.29, 0.717) is 48.8 Å². The van der Waals surface area contributed by atoms with Gasteiger partial charge in [-0.1, -0.05) is 29.8 Å². The lowest BCUT2D eigenvalue weighted by Gasteiger charge is -2.37. The van der Waals surface area contributed by atoms with E-state index in [4.69, 9.17) is 22.1 Å². The first kappa shape index (κ1) is 32.3. The molecule has 0 aromatic heterocycles. The Morgan fingerprint density at radius 1 is 1.16 bits per heavy atom. The number of hydrogen-bond donors (Lipinski definition) is 3. The largest absolute Gasteiger partial charge is 0.379 e. The average molecular weight is 635 g/mol. The molecule has 2 aromatic carbocycles. The zero-order valence-electron chi connectivity index (χ0n) is 24.8. The number of carbonyl (C=O) groups excluding carboxylic acids is 1. The summed E-state index contributed by atoms with van der Waals surface area (Å²) in [4.78, 5) is 13.7. The maximum Gasteiger partial charge on any atom is 0.241 e. The number of fused-ring (bicyclic) bond motifs is 2. The minimum Gasteiger partial charge on any atom is -0.379 e. The van der Waals surface area contributed by atoms with Crippen LogP contribution in [0.5, 0.6) is 0 Å². The van der Waals surface area contributed by atoms with Gasteiger partial charge in [-0.2, -0.15) is 4.31 Å². The molecule has 0 radical (unpaired) electrons. The number of nitrogens with one attached hydrogen (secondary N) is 2. The van der Waals surface area contributed by atoms with Crippen molar-refractivity contribution < 1.29 is 22.3 Å². The molecule has 11 heteroatoms. The second-order valence-corrected chi connectivity index (χ2v) is 14.7. The van der Waals surface area contributed by atoms with Gasteiger partial charge in [0.05, 0.1) is 17.9 Å². The summed E-state index contributed by atoms with van der Waals surface area (Å²) in [6, 6.07) is 11.1. The highest BCUT2D eigenvalue weighted by atomic mass is 35.5. The van der Waals surface area contributed by atoms with E-state index in [1.54, 1.807) is 16.4 Å². The van der Waals surface area contributed by atoms with Crippen LogP contribution in [0.4, 0.5) is 10.1 Å². The van der Waals surface area contributed by atoms with Gasteiger partial charge in [-0.15, -0.1) is 0 Å². The molecular formula is C32H44ClFN4O4S. The molecule has 236 valence electrons. The molecule has 5 atom stereocenters. The van der Waals surface area contributed by atoms with Crippen molar-refractivity contribution in [2.45, 2.75) is 88.4 Å². The van der Waals surface area contributed by atoms with Crippen molar-refractivity contribution in [3.05, 3.63) is 64.4 Å². The van der Waals surface area contributed by atoms with Crippen molar-refractivity contribution in [1.29, 1.82) is 0 Å². The molecule has 3 fully saturated rings. The second-order valence-electron chi connectivity index (χ2n) is 12.2. The van der Waals surface area contributed by atoms with Crippen LogP contribution in [0.3, 0.4) is 0 Å². The number of ether oxygens (including phenoxy) is 1. The molecule has 2 saturated heterocycles. The van der Waals surface area contributed by atoms with E-state index in [1.165, 1.54) is 6.07 Å². The van der Waals surface area contributed by atoms with Gasteiger partial charge >= 0.3 is 0 Å². The van der Waals surface area contributed by atoms with Gasteiger partial charge in [-0.05, 0) is 94.0 Å². The average Bonchev–Trinajstić information content (AvgIpc) is 3.10. The number of anilines is 1. The van der Waals surface area contributed by atoms with Gasteiger partial charge in [0, 0.05) is 54.0 Å². The predicted molar refractivity (Wildman–Crippen MR) is 168 cm³/mol. The van der Waals surface area contributed by atoms with Crippen LogP contribution in [-0.4, -0.2) is 68.3 Å². The maximum atomic E-state index is 15.2. The normalized spacial score (nSPS) is 28.4. The van der Waals surface area contributed by atoms with Gasteiger partial charge in [0.2, 0.25) is 15.9 Å². The summed E-state index contributed by atoms with van der Waals surface area (Å²) in [7, 11) is -3.35. The molecule has 2 aliphatic heterocycles. The number of sulfonamides is 1. The lowest BCUT2D eigenvalue weighted by atomic mass is 9.72. The van der Waals surface area contributed by atoms with E-state index in [2.05, 4.69) is 10.6 Å². The Balaban J connectivity index is 1.31. The van der Waals surface area contributed by atoms with E-state index in [0.717, 1.165) is 37.7 Å². The Morgan fingerprint density at radius 2 is 1.91 bits per heavy atom. The first-order chi connectivity index (χ1) is 20.7. The van der Waals surface area contributed by atoms with E-state index in [-0.39, 0.29) is 48.1 Å². The summed E-state index contributed by atoms with van der Waals surface area (Å²) in [5.41, 5.74) is 8.41. The van der Waals surface area contributed by atoms with Gasteiger partial charge in [0.1, 0.15) is 5.82 Å². The lowest BCUT2D eigenvalue weighted by molar-refractivity contribution is -0.118. The zero-order chi connectivity index (χ0) is 30.6. The van der Waals surface area contributed by atoms with Crippen molar-refractivity contribution in [3.8, 4) is 0 Å². The van der Waals surface area contributed by atoms with Crippen LogP contribution in [0.15, 0.2) is 42.5 Å². The number of halogens is 2. The molecule has 1 unspecified atom stereocenters. The monoisotopic (exact) mass is 634 g/mol. The first-order valence-corrected chi connectivity index (χ1v) is 17.6. The van der Waals surface area contributed by atoms with Crippen LogP contribution in [0.25, 0.3) is 0 Å². The Labute approximate surface area is 259 Å². The Morgan fingerprint density at radius 3 is 2.63 bits per heavy atom. The Kier molecular flexibility index (Phi) is 10.8. The van der Waals surface area contributed by atoms with Crippen LogP contribution in [0.1, 0.15) is 68.9 Å². The third-order valence-corrected chi connectivity index (χ3v) is 11.7. The van der Waals surface area contributed by atoms with Crippen molar-refractivity contribution in [2.24, 2.45) is 11.7 Å². The van der Waals surface area contributed by atoms with Crippen LogP contribution < -0.4 is 16.4 Å². The number of carbonyl (C=O) groups is 1. The fourth-order valence-electron chi connectivity index (χ4n) is 7.17. The van der Waals surface area contributed by atoms with Gasteiger partial charge < -0.3 is 21.1 Å². The highest BCUT2D eigenvalue weighted by Crippen LogP contribution is 2.39. The molecule has 5 rings (SSSR count). The highest BCUT2D eigenvalue weighted by molar-refractivity contribution is 7.89. The number of nitrogens with zero attached hydrogens (tertiary/aromatic N) is 1. The van der Waals surface area contributed by atoms with Crippen molar-refractivity contribution in [3.63, 3.8) is 0 Å². The van der Waals surface area contributed by atoms with Crippen molar-refractivity contribution in [1.82, 2.24) is 9.62 Å². The Hall–Kier alpha value is -2.08. The third kappa shape index (κ3) is 7.78. The van der Waals surface area contributed by atoms with Gasteiger partial charge in [-0.25, -0.2) is 12.8 Å². The van der Waals surface area contributed by atoms with Crippen LogP contribution >= 0.6 is 11.6 Å². The van der Waals surface area contributed by atoms with Gasteiger partial charge in [0.25, 0.3) is 0 Å². The number of benzene rings is 2. The van der Waals surface area contributed by atoms with Crippen LogP contribution in [0.2, 0.25) is 5.02 Å². The molecular weight excluding hydrogens is 591 g/mol. The molecule has 1 saturated carbocycles. The van der Waals surface area contributed by atoms with E-state index in [9.17, 15) is 13.2 Å². The van der Waals surface area contributed by atoms with Crippen LogP contribution in [0, 0.1) is 11.7 Å². The number of rotatable bonds is 10. The topological polar surface area (TPSA) is 114 Å². The fourth-order valence-corrected chi connectivity index (χ4v) is 9.11.